The van der Waals surface area contributed by atoms with Crippen molar-refractivity contribution < 1.29 is 28.6 Å². The third-order valence-electron chi connectivity index (χ3n) is 3.89. The number of anilines is 1. The van der Waals surface area contributed by atoms with Crippen LogP contribution < -0.4 is 20.1 Å². The highest BCUT2D eigenvalue weighted by Gasteiger charge is 2.16. The topological polar surface area (TPSA) is 118 Å². The second-order valence-electron chi connectivity index (χ2n) is 6.78. The number of benzene rings is 2. The molecule has 0 radical (unpaired) electrons. The zero-order chi connectivity index (χ0) is 22.6. The van der Waals surface area contributed by atoms with Crippen LogP contribution in [-0.4, -0.2) is 26.8 Å². The summed E-state index contributed by atoms with van der Waals surface area (Å²) in [6.45, 7) is 3.87. The van der Waals surface area contributed by atoms with Gasteiger partial charge in [0.15, 0.2) is 5.13 Å². The van der Waals surface area contributed by atoms with E-state index in [1.54, 1.807) is 30.3 Å². The van der Waals surface area contributed by atoms with Crippen LogP contribution in [0.25, 0.3) is 0 Å². The lowest BCUT2D eigenvalue weighted by atomic mass is 10.2. The first-order valence-corrected chi connectivity index (χ1v) is 11.9. The monoisotopic (exact) mass is 482 g/mol. The van der Waals surface area contributed by atoms with Gasteiger partial charge in [0.2, 0.25) is 0 Å². The first kappa shape index (κ1) is 23.2. The average Bonchev–Trinajstić information content (AvgIpc) is 3.10. The van der Waals surface area contributed by atoms with E-state index in [1.165, 1.54) is 18.3 Å². The van der Waals surface area contributed by atoms with Crippen LogP contribution in [0, 0.1) is 0 Å². The quantitative estimate of drug-likeness (QED) is 0.411. The zero-order valence-electron chi connectivity index (χ0n) is 16.6. The molecule has 3 aromatic rings. The molecular weight excluding hydrogens is 463 g/mol. The smallest absolute Gasteiger partial charge is 0.356 e. The number of nitrogens with one attached hydrogen (secondary N) is 1. The number of thiazole rings is 1. The van der Waals surface area contributed by atoms with Gasteiger partial charge in [-0.15, -0.1) is 0 Å². The minimum absolute atomic E-state index is 0.0650. The Labute approximate surface area is 188 Å². The average molecular weight is 483 g/mol. The summed E-state index contributed by atoms with van der Waals surface area (Å²) in [7, 11) is -4.29. The number of carbonyl (C=O) groups is 1. The molecule has 3 N–H and O–H groups in total. The van der Waals surface area contributed by atoms with Gasteiger partial charge in [0.05, 0.1) is 17.6 Å². The molecule has 31 heavy (non-hydrogen) atoms. The predicted molar refractivity (Wildman–Crippen MR) is 120 cm³/mol. The molecule has 0 spiro atoms. The largest absolute Gasteiger partial charge is 0.491 e. The van der Waals surface area contributed by atoms with E-state index in [1.807, 2.05) is 13.8 Å². The molecule has 11 heteroatoms. The summed E-state index contributed by atoms with van der Waals surface area (Å²) in [4.78, 5) is 35.1. The van der Waals surface area contributed by atoms with Gasteiger partial charge in [0.25, 0.3) is 5.91 Å². The van der Waals surface area contributed by atoms with Gasteiger partial charge >= 0.3 is 7.60 Å². The van der Waals surface area contributed by atoms with Crippen LogP contribution in [0.4, 0.5) is 5.13 Å². The summed E-state index contributed by atoms with van der Waals surface area (Å²) in [5, 5.41) is 2.99. The lowest BCUT2D eigenvalue weighted by Crippen LogP contribution is -2.13. The summed E-state index contributed by atoms with van der Waals surface area (Å²) in [6, 6.07) is 10.7. The molecule has 0 atom stereocenters. The fourth-order valence-electron chi connectivity index (χ4n) is 2.56. The summed E-state index contributed by atoms with van der Waals surface area (Å²) < 4.78 is 23.3. The predicted octanol–water partition coefficient (Wildman–Crippen LogP) is 4.22. The van der Waals surface area contributed by atoms with Crippen LogP contribution in [-0.2, 0) is 11.2 Å². The van der Waals surface area contributed by atoms with Crippen molar-refractivity contribution >= 4 is 46.9 Å². The summed E-state index contributed by atoms with van der Waals surface area (Å²) in [5.41, 5.74) is 1.02. The van der Waals surface area contributed by atoms with Crippen molar-refractivity contribution in [2.24, 2.45) is 0 Å². The lowest BCUT2D eigenvalue weighted by Gasteiger charge is -2.14. The summed E-state index contributed by atoms with van der Waals surface area (Å²) in [5.74, 6) is 0.474. The van der Waals surface area contributed by atoms with E-state index >= 15 is 0 Å². The van der Waals surface area contributed by atoms with Crippen LogP contribution in [0.15, 0.2) is 48.7 Å². The van der Waals surface area contributed by atoms with E-state index in [2.05, 4.69) is 10.3 Å². The SMILES string of the molecule is CC(C)Oc1cc(OCc2ccc(P(=O)(O)O)cc2)cc(C(=O)Nc2ncc(Cl)s2)c1. The van der Waals surface area contributed by atoms with Gasteiger partial charge in [-0.25, -0.2) is 4.98 Å². The van der Waals surface area contributed by atoms with E-state index in [0.29, 0.717) is 32.1 Å². The van der Waals surface area contributed by atoms with Gasteiger partial charge in [-0.3, -0.25) is 14.7 Å². The number of aromatic nitrogens is 1. The van der Waals surface area contributed by atoms with E-state index in [4.69, 9.17) is 21.1 Å². The number of ether oxygens (including phenoxy) is 2. The molecular formula is C20H20ClN2O6PS. The second-order valence-corrected chi connectivity index (χ2v) is 10.0. The van der Waals surface area contributed by atoms with E-state index in [-0.39, 0.29) is 18.0 Å². The fourth-order valence-corrected chi connectivity index (χ4v) is 3.91. The van der Waals surface area contributed by atoms with Crippen molar-refractivity contribution in [3.8, 4) is 11.5 Å². The number of hydrogen-bond donors (Lipinski definition) is 3. The van der Waals surface area contributed by atoms with Crippen LogP contribution in [0.2, 0.25) is 4.34 Å². The number of amides is 1. The van der Waals surface area contributed by atoms with Gasteiger partial charge in [-0.05, 0) is 43.7 Å². The van der Waals surface area contributed by atoms with Gasteiger partial charge in [-0.2, -0.15) is 0 Å². The Hall–Kier alpha value is -2.42. The molecule has 8 nitrogen and oxygen atoms in total. The Morgan fingerprint density at radius 1 is 1.19 bits per heavy atom. The molecule has 164 valence electrons. The van der Waals surface area contributed by atoms with Gasteiger partial charge in [0, 0.05) is 11.6 Å². The number of halogens is 1. The lowest BCUT2D eigenvalue weighted by molar-refractivity contribution is 0.102. The third-order valence-corrected chi connectivity index (χ3v) is 5.89. The molecule has 1 aromatic heterocycles. The highest BCUT2D eigenvalue weighted by atomic mass is 35.5. The molecule has 0 unspecified atom stereocenters. The Kier molecular flexibility index (Phi) is 7.35. The zero-order valence-corrected chi connectivity index (χ0v) is 19.1. The van der Waals surface area contributed by atoms with Crippen molar-refractivity contribution in [3.05, 3.63) is 64.1 Å². The second kappa shape index (κ2) is 9.80. The van der Waals surface area contributed by atoms with Crippen LogP contribution in [0.5, 0.6) is 11.5 Å². The Balaban J connectivity index is 1.77. The number of carbonyl (C=O) groups excluding carboxylic acids is 1. The standard InChI is InChI=1S/C20H20ClN2O6PS/c1-12(2)29-16-8-14(19(24)23-20-22-10-18(21)31-20)7-15(9-16)28-11-13-3-5-17(6-4-13)30(25,26)27/h3-10,12H,11H2,1-2H3,(H,22,23,24)(H2,25,26,27). The molecule has 0 saturated carbocycles. The molecule has 0 aliphatic heterocycles. The Bertz CT molecular complexity index is 1110. The highest BCUT2D eigenvalue weighted by Crippen LogP contribution is 2.33. The normalized spacial score (nSPS) is 11.4. The van der Waals surface area contributed by atoms with Gasteiger partial charge < -0.3 is 19.3 Å². The fraction of sp³-hybridized carbons (Fsp3) is 0.200. The van der Waals surface area contributed by atoms with Crippen molar-refractivity contribution in [2.45, 2.75) is 26.6 Å². The minimum Gasteiger partial charge on any atom is -0.491 e. The van der Waals surface area contributed by atoms with Crippen LogP contribution in [0.1, 0.15) is 29.8 Å². The van der Waals surface area contributed by atoms with Crippen molar-refractivity contribution in [3.63, 3.8) is 0 Å². The van der Waals surface area contributed by atoms with Crippen molar-refractivity contribution in [2.75, 3.05) is 5.32 Å². The van der Waals surface area contributed by atoms with Crippen molar-refractivity contribution in [1.82, 2.24) is 4.98 Å². The number of rotatable bonds is 8. The number of hydrogen-bond acceptors (Lipinski definition) is 6. The van der Waals surface area contributed by atoms with Gasteiger partial charge in [-0.1, -0.05) is 35.1 Å². The third kappa shape index (κ3) is 6.78. The maximum atomic E-state index is 12.6. The van der Waals surface area contributed by atoms with Gasteiger partial charge in [0.1, 0.15) is 22.4 Å². The number of nitrogens with zero attached hydrogens (tertiary/aromatic N) is 1. The van der Waals surface area contributed by atoms with E-state index in [0.717, 1.165) is 11.3 Å². The molecule has 0 bridgehead atoms. The first-order valence-electron chi connectivity index (χ1n) is 9.12. The minimum atomic E-state index is -4.29. The maximum absolute atomic E-state index is 12.6. The molecule has 0 aliphatic carbocycles. The summed E-state index contributed by atoms with van der Waals surface area (Å²) >= 11 is 7.00. The molecule has 0 aliphatic rings. The highest BCUT2D eigenvalue weighted by molar-refractivity contribution is 7.60. The van der Waals surface area contributed by atoms with E-state index in [9.17, 15) is 19.1 Å². The molecule has 0 saturated heterocycles. The van der Waals surface area contributed by atoms with Crippen molar-refractivity contribution in [1.29, 1.82) is 0 Å². The molecule has 1 amide bonds. The molecule has 0 fully saturated rings. The molecule has 1 heterocycles. The molecule has 3 rings (SSSR count). The Morgan fingerprint density at radius 3 is 2.45 bits per heavy atom. The Morgan fingerprint density at radius 2 is 1.87 bits per heavy atom. The van der Waals surface area contributed by atoms with Crippen LogP contribution in [0.3, 0.4) is 0 Å². The van der Waals surface area contributed by atoms with E-state index < -0.39 is 13.5 Å². The first-order chi connectivity index (χ1) is 14.6. The summed E-state index contributed by atoms with van der Waals surface area (Å²) in [6.07, 6.45) is 1.34. The van der Waals surface area contributed by atoms with Crippen LogP contribution >= 0.6 is 30.5 Å². The maximum Gasteiger partial charge on any atom is 0.356 e. The molecule has 2 aromatic carbocycles.